The molecule has 0 aliphatic heterocycles. The topological polar surface area (TPSA) is 59.2 Å². The van der Waals surface area contributed by atoms with Gasteiger partial charge in [0.1, 0.15) is 0 Å². The number of aromatic nitrogens is 2. The number of carbonyl (C=O) groups excluding carboxylic acids is 1. The highest BCUT2D eigenvalue weighted by atomic mass is 79.9. The summed E-state index contributed by atoms with van der Waals surface area (Å²) in [6.45, 7) is 2.21. The lowest BCUT2D eigenvalue weighted by molar-refractivity contribution is -0.118. The van der Waals surface area contributed by atoms with Crippen LogP contribution in [-0.2, 0) is 17.8 Å². The van der Waals surface area contributed by atoms with Crippen LogP contribution in [0.15, 0.2) is 87.9 Å². The first-order valence-electron chi connectivity index (χ1n) is 9.58. The van der Waals surface area contributed by atoms with Gasteiger partial charge in [-0.2, -0.15) is 4.98 Å². The maximum Gasteiger partial charge on any atom is 0.231 e. The van der Waals surface area contributed by atoms with Gasteiger partial charge >= 0.3 is 0 Å². The van der Waals surface area contributed by atoms with Crippen molar-refractivity contribution < 1.29 is 9.32 Å². The zero-order valence-electron chi connectivity index (χ0n) is 16.5. The number of nitrogens with zero attached hydrogens (tertiary/aromatic N) is 3. The van der Waals surface area contributed by atoms with Crippen LogP contribution < -0.4 is 4.90 Å². The van der Waals surface area contributed by atoms with Crippen LogP contribution in [0.25, 0.3) is 11.4 Å². The molecule has 0 radical (unpaired) electrons. The number of anilines is 1. The fourth-order valence-electron chi connectivity index (χ4n) is 3.21. The van der Waals surface area contributed by atoms with Crippen LogP contribution in [0.2, 0.25) is 0 Å². The first-order chi connectivity index (χ1) is 14.6. The van der Waals surface area contributed by atoms with E-state index >= 15 is 0 Å². The smallest absolute Gasteiger partial charge is 0.231 e. The van der Waals surface area contributed by atoms with Gasteiger partial charge in [-0.1, -0.05) is 69.6 Å². The van der Waals surface area contributed by atoms with Crippen LogP contribution in [0.3, 0.4) is 0 Å². The fourth-order valence-corrected chi connectivity index (χ4v) is 3.48. The van der Waals surface area contributed by atoms with Gasteiger partial charge in [-0.05, 0) is 41.5 Å². The van der Waals surface area contributed by atoms with Crippen LogP contribution in [0.4, 0.5) is 5.69 Å². The van der Waals surface area contributed by atoms with Crippen molar-refractivity contribution >= 4 is 27.5 Å². The quantitative estimate of drug-likeness (QED) is 0.375. The number of rotatable bonds is 6. The van der Waals surface area contributed by atoms with Crippen molar-refractivity contribution in [2.75, 3.05) is 4.90 Å². The molecule has 1 amide bonds. The van der Waals surface area contributed by atoms with Gasteiger partial charge in [0.05, 0.1) is 13.0 Å². The molecule has 150 valence electrons. The summed E-state index contributed by atoms with van der Waals surface area (Å²) in [5.74, 6) is 1.09. The highest BCUT2D eigenvalue weighted by Gasteiger charge is 2.17. The minimum Gasteiger partial charge on any atom is -0.339 e. The lowest BCUT2D eigenvalue weighted by Gasteiger charge is -2.23. The summed E-state index contributed by atoms with van der Waals surface area (Å²) in [6.07, 6.45) is 0.325. The Hall–Kier alpha value is -3.25. The second-order valence-electron chi connectivity index (χ2n) is 6.96. The number of halogens is 1. The Morgan fingerprint density at radius 1 is 0.967 bits per heavy atom. The third kappa shape index (κ3) is 4.83. The number of hydrogen-bond acceptors (Lipinski definition) is 4. The van der Waals surface area contributed by atoms with Gasteiger partial charge in [0.25, 0.3) is 0 Å². The molecule has 0 aliphatic carbocycles. The van der Waals surface area contributed by atoms with E-state index in [0.29, 0.717) is 24.7 Å². The van der Waals surface area contributed by atoms with Crippen molar-refractivity contribution in [2.24, 2.45) is 0 Å². The monoisotopic (exact) mass is 461 g/mol. The molecule has 0 fully saturated rings. The van der Waals surface area contributed by atoms with Crippen LogP contribution >= 0.6 is 15.9 Å². The van der Waals surface area contributed by atoms with Crippen LogP contribution in [-0.4, -0.2) is 16.0 Å². The predicted octanol–water partition coefficient (Wildman–Crippen LogP) is 5.58. The Balaban J connectivity index is 1.60. The van der Waals surface area contributed by atoms with Crippen LogP contribution in [0.5, 0.6) is 0 Å². The van der Waals surface area contributed by atoms with Crippen molar-refractivity contribution in [3.63, 3.8) is 0 Å². The van der Waals surface area contributed by atoms with E-state index in [9.17, 15) is 4.79 Å². The molecule has 30 heavy (non-hydrogen) atoms. The van der Waals surface area contributed by atoms with E-state index < -0.39 is 0 Å². The summed E-state index contributed by atoms with van der Waals surface area (Å²) in [5.41, 5.74) is 3.68. The highest BCUT2D eigenvalue weighted by molar-refractivity contribution is 9.10. The molecular formula is C24H20BrN3O2. The SMILES string of the molecule is Cc1nc(-c2cccc(CN(C(=O)Cc3ccc(Br)cc3)c3ccccc3)c2)no1. The molecule has 3 aromatic carbocycles. The van der Waals surface area contributed by atoms with Crippen molar-refractivity contribution in [1.82, 2.24) is 10.1 Å². The van der Waals surface area contributed by atoms with E-state index in [4.69, 9.17) is 4.52 Å². The number of para-hydroxylation sites is 1. The zero-order chi connectivity index (χ0) is 20.9. The summed E-state index contributed by atoms with van der Waals surface area (Å²) < 4.78 is 6.09. The lowest BCUT2D eigenvalue weighted by atomic mass is 10.1. The number of hydrogen-bond donors (Lipinski definition) is 0. The van der Waals surface area contributed by atoms with E-state index in [-0.39, 0.29) is 5.91 Å². The third-order valence-corrected chi connectivity index (χ3v) is 5.22. The maximum atomic E-state index is 13.2. The Morgan fingerprint density at radius 3 is 2.43 bits per heavy atom. The molecular weight excluding hydrogens is 442 g/mol. The number of carbonyl (C=O) groups is 1. The van der Waals surface area contributed by atoms with E-state index in [1.807, 2.05) is 83.8 Å². The zero-order valence-corrected chi connectivity index (χ0v) is 18.0. The average Bonchev–Trinajstić information content (AvgIpc) is 3.21. The minimum absolute atomic E-state index is 0.0318. The number of benzene rings is 3. The second kappa shape index (κ2) is 9.05. The molecule has 1 aromatic heterocycles. The molecule has 0 saturated heterocycles. The van der Waals surface area contributed by atoms with Crippen molar-refractivity contribution in [3.05, 3.63) is 100 Å². The number of amides is 1. The molecule has 6 heteroatoms. The second-order valence-corrected chi connectivity index (χ2v) is 7.87. The molecule has 5 nitrogen and oxygen atoms in total. The first-order valence-corrected chi connectivity index (χ1v) is 10.4. The van der Waals surface area contributed by atoms with E-state index in [0.717, 1.165) is 26.9 Å². The Bertz CT molecular complexity index is 1140. The van der Waals surface area contributed by atoms with E-state index in [1.165, 1.54) is 0 Å². The Labute approximate surface area is 183 Å². The Kier molecular flexibility index (Phi) is 6.05. The molecule has 0 bridgehead atoms. The maximum absolute atomic E-state index is 13.2. The molecule has 4 rings (SSSR count). The van der Waals surface area contributed by atoms with Gasteiger partial charge in [0.15, 0.2) is 0 Å². The summed E-state index contributed by atoms with van der Waals surface area (Å²) in [4.78, 5) is 19.3. The van der Waals surface area contributed by atoms with Crippen LogP contribution in [0, 0.1) is 6.92 Å². The van der Waals surface area contributed by atoms with Crippen molar-refractivity contribution in [1.29, 1.82) is 0 Å². The van der Waals surface area contributed by atoms with Gasteiger partial charge in [0, 0.05) is 22.6 Å². The van der Waals surface area contributed by atoms with Crippen molar-refractivity contribution in [3.8, 4) is 11.4 Å². The van der Waals surface area contributed by atoms with Gasteiger partial charge in [-0.25, -0.2) is 0 Å². The molecule has 4 aromatic rings. The van der Waals surface area contributed by atoms with Crippen molar-refractivity contribution in [2.45, 2.75) is 19.9 Å². The van der Waals surface area contributed by atoms with Gasteiger partial charge in [-0.3, -0.25) is 4.79 Å². The van der Waals surface area contributed by atoms with E-state index in [1.54, 1.807) is 6.92 Å². The summed E-state index contributed by atoms with van der Waals surface area (Å²) in [7, 11) is 0. The summed E-state index contributed by atoms with van der Waals surface area (Å²) in [5, 5.41) is 3.99. The van der Waals surface area contributed by atoms with Gasteiger partial charge < -0.3 is 9.42 Å². The molecule has 0 atom stereocenters. The van der Waals surface area contributed by atoms with Gasteiger partial charge in [0.2, 0.25) is 17.6 Å². The fraction of sp³-hybridized carbons (Fsp3) is 0.125. The normalized spacial score (nSPS) is 10.7. The molecule has 0 saturated carbocycles. The average molecular weight is 462 g/mol. The Morgan fingerprint density at radius 2 is 1.73 bits per heavy atom. The van der Waals surface area contributed by atoms with Crippen LogP contribution in [0.1, 0.15) is 17.0 Å². The summed E-state index contributed by atoms with van der Waals surface area (Å²) >= 11 is 3.44. The molecule has 0 N–H and O–H groups in total. The summed E-state index contributed by atoms with van der Waals surface area (Å²) in [6, 6.07) is 25.4. The number of aryl methyl sites for hydroxylation is 1. The molecule has 0 aliphatic rings. The third-order valence-electron chi connectivity index (χ3n) is 4.69. The largest absolute Gasteiger partial charge is 0.339 e. The highest BCUT2D eigenvalue weighted by Crippen LogP contribution is 2.22. The van der Waals surface area contributed by atoms with Gasteiger partial charge in [-0.15, -0.1) is 0 Å². The first kappa shape index (κ1) is 20.0. The molecule has 1 heterocycles. The van der Waals surface area contributed by atoms with E-state index in [2.05, 4.69) is 26.1 Å². The predicted molar refractivity (Wildman–Crippen MR) is 120 cm³/mol. The standard InChI is InChI=1S/C24H20BrN3O2/c1-17-26-24(27-30-17)20-7-5-6-19(14-20)16-28(22-8-3-2-4-9-22)23(29)15-18-10-12-21(25)13-11-18/h2-14H,15-16H2,1H3. The minimum atomic E-state index is 0.0318. The molecule has 0 spiro atoms. The lowest BCUT2D eigenvalue weighted by Crippen LogP contribution is -2.31. The molecule has 0 unspecified atom stereocenters.